The van der Waals surface area contributed by atoms with Gasteiger partial charge in [0.2, 0.25) is 0 Å². The van der Waals surface area contributed by atoms with Crippen molar-refractivity contribution in [1.82, 2.24) is 4.90 Å². The van der Waals surface area contributed by atoms with Crippen LogP contribution in [0.1, 0.15) is 36.7 Å². The van der Waals surface area contributed by atoms with Gasteiger partial charge in [-0.1, -0.05) is 19.9 Å². The van der Waals surface area contributed by atoms with Crippen molar-refractivity contribution in [2.45, 2.75) is 27.7 Å². The fourth-order valence-electron chi connectivity index (χ4n) is 1.99. The lowest BCUT2D eigenvalue weighted by molar-refractivity contribution is -0.143. The van der Waals surface area contributed by atoms with Crippen molar-refractivity contribution >= 4 is 11.9 Å². The van der Waals surface area contributed by atoms with Gasteiger partial charge in [0.15, 0.2) is 0 Å². The molecule has 0 N–H and O–H groups in total. The highest BCUT2D eigenvalue weighted by atomic mass is 19.1. The van der Waals surface area contributed by atoms with Crippen LogP contribution in [0.2, 0.25) is 0 Å². The van der Waals surface area contributed by atoms with Crippen LogP contribution in [0.5, 0.6) is 0 Å². The van der Waals surface area contributed by atoms with Gasteiger partial charge in [-0.2, -0.15) is 0 Å². The number of rotatable bonds is 6. The zero-order valence-corrected chi connectivity index (χ0v) is 13.0. The van der Waals surface area contributed by atoms with E-state index in [0.717, 1.165) is 5.56 Å². The molecule has 21 heavy (non-hydrogen) atoms. The van der Waals surface area contributed by atoms with Crippen LogP contribution in [0.3, 0.4) is 0 Å². The van der Waals surface area contributed by atoms with E-state index in [1.54, 1.807) is 19.9 Å². The van der Waals surface area contributed by atoms with Crippen LogP contribution in [0.25, 0.3) is 0 Å². The van der Waals surface area contributed by atoms with Crippen LogP contribution in [-0.4, -0.2) is 36.5 Å². The summed E-state index contributed by atoms with van der Waals surface area (Å²) in [5, 5.41) is 0. The Labute approximate surface area is 124 Å². The maximum atomic E-state index is 13.9. The van der Waals surface area contributed by atoms with E-state index in [0.29, 0.717) is 6.54 Å². The Balaban J connectivity index is 2.95. The minimum absolute atomic E-state index is 0.0226. The molecule has 4 nitrogen and oxygen atoms in total. The van der Waals surface area contributed by atoms with E-state index in [1.165, 1.54) is 17.0 Å². The van der Waals surface area contributed by atoms with E-state index in [2.05, 4.69) is 0 Å². The minimum atomic E-state index is -0.572. The number of aryl methyl sites for hydroxylation is 1. The third kappa shape index (κ3) is 5.17. The van der Waals surface area contributed by atoms with Crippen molar-refractivity contribution in [2.24, 2.45) is 5.92 Å². The van der Waals surface area contributed by atoms with Gasteiger partial charge in [0.05, 0.1) is 12.2 Å². The monoisotopic (exact) mass is 295 g/mol. The maximum absolute atomic E-state index is 13.9. The Morgan fingerprint density at radius 2 is 2.00 bits per heavy atom. The summed E-state index contributed by atoms with van der Waals surface area (Å²) < 4.78 is 18.8. The van der Waals surface area contributed by atoms with E-state index in [9.17, 15) is 14.0 Å². The Morgan fingerprint density at radius 3 is 2.52 bits per heavy atom. The highest BCUT2D eigenvalue weighted by Crippen LogP contribution is 2.14. The molecule has 0 spiro atoms. The summed E-state index contributed by atoms with van der Waals surface area (Å²) in [5.74, 6) is -1.39. The number of ether oxygens (including phenoxy) is 1. The summed E-state index contributed by atoms with van der Waals surface area (Å²) in [7, 11) is 0. The standard InChI is InChI=1S/C16H22FNO3/c1-5-21-15(19)10-18(9-11(2)3)16(20)13-7-6-12(4)8-14(13)17/h6-8,11H,5,9-10H2,1-4H3. The van der Waals surface area contributed by atoms with Crippen molar-refractivity contribution < 1.29 is 18.7 Å². The van der Waals surface area contributed by atoms with Crippen molar-refractivity contribution in [2.75, 3.05) is 19.7 Å². The number of nitrogens with zero attached hydrogens (tertiary/aromatic N) is 1. The van der Waals surface area contributed by atoms with Gasteiger partial charge in [-0.3, -0.25) is 9.59 Å². The molecule has 1 aromatic carbocycles. The quantitative estimate of drug-likeness (QED) is 0.758. The largest absolute Gasteiger partial charge is 0.465 e. The zero-order chi connectivity index (χ0) is 16.0. The summed E-state index contributed by atoms with van der Waals surface area (Å²) in [6.45, 7) is 7.76. The number of amides is 1. The second kappa shape index (κ2) is 7.76. The number of hydrogen-bond donors (Lipinski definition) is 0. The molecule has 0 bridgehead atoms. The highest BCUT2D eigenvalue weighted by molar-refractivity contribution is 5.96. The summed E-state index contributed by atoms with van der Waals surface area (Å²) in [4.78, 5) is 25.4. The van der Waals surface area contributed by atoms with Gasteiger partial charge in [-0.05, 0) is 37.5 Å². The van der Waals surface area contributed by atoms with Gasteiger partial charge < -0.3 is 9.64 Å². The summed E-state index contributed by atoms with van der Waals surface area (Å²) in [6, 6.07) is 4.44. The third-order valence-electron chi connectivity index (χ3n) is 2.85. The first-order valence-corrected chi connectivity index (χ1v) is 7.06. The summed E-state index contributed by atoms with van der Waals surface area (Å²) >= 11 is 0. The molecular weight excluding hydrogens is 273 g/mol. The smallest absolute Gasteiger partial charge is 0.325 e. The SMILES string of the molecule is CCOC(=O)CN(CC(C)C)C(=O)c1ccc(C)cc1F. The van der Waals surface area contributed by atoms with Crippen LogP contribution in [-0.2, 0) is 9.53 Å². The number of hydrogen-bond acceptors (Lipinski definition) is 3. The number of carbonyl (C=O) groups excluding carboxylic acids is 2. The topological polar surface area (TPSA) is 46.6 Å². The van der Waals surface area contributed by atoms with E-state index in [1.807, 2.05) is 13.8 Å². The molecule has 116 valence electrons. The van der Waals surface area contributed by atoms with E-state index in [-0.39, 0.29) is 24.6 Å². The molecule has 0 atom stereocenters. The maximum Gasteiger partial charge on any atom is 0.325 e. The molecule has 1 aromatic rings. The molecule has 0 aliphatic rings. The fraction of sp³-hybridized carbons (Fsp3) is 0.500. The average molecular weight is 295 g/mol. The molecule has 0 aliphatic heterocycles. The predicted octanol–water partition coefficient (Wildman–Crippen LogP) is 2.80. The van der Waals surface area contributed by atoms with Crippen LogP contribution >= 0.6 is 0 Å². The number of halogens is 1. The summed E-state index contributed by atoms with van der Waals surface area (Å²) in [5.41, 5.74) is 0.718. The third-order valence-corrected chi connectivity index (χ3v) is 2.85. The number of carbonyl (C=O) groups is 2. The van der Waals surface area contributed by atoms with E-state index >= 15 is 0 Å². The van der Waals surface area contributed by atoms with Gasteiger partial charge in [0.25, 0.3) is 5.91 Å². The lowest BCUT2D eigenvalue weighted by Crippen LogP contribution is -2.39. The molecule has 0 unspecified atom stereocenters. The Morgan fingerprint density at radius 1 is 1.33 bits per heavy atom. The van der Waals surface area contributed by atoms with Gasteiger partial charge in [-0.15, -0.1) is 0 Å². The van der Waals surface area contributed by atoms with E-state index in [4.69, 9.17) is 4.74 Å². The first-order chi connectivity index (χ1) is 9.85. The summed E-state index contributed by atoms with van der Waals surface area (Å²) in [6.07, 6.45) is 0. The lowest BCUT2D eigenvalue weighted by Gasteiger charge is -2.24. The fourth-order valence-corrected chi connectivity index (χ4v) is 1.99. The molecule has 0 aliphatic carbocycles. The van der Waals surface area contributed by atoms with Crippen LogP contribution in [0.4, 0.5) is 4.39 Å². The normalized spacial score (nSPS) is 10.6. The highest BCUT2D eigenvalue weighted by Gasteiger charge is 2.22. The second-order valence-electron chi connectivity index (χ2n) is 5.37. The van der Waals surface area contributed by atoms with Crippen LogP contribution < -0.4 is 0 Å². The molecule has 1 rings (SSSR count). The molecule has 0 fully saturated rings. The molecule has 1 amide bonds. The lowest BCUT2D eigenvalue weighted by atomic mass is 10.1. The van der Waals surface area contributed by atoms with E-state index < -0.39 is 17.7 Å². The average Bonchev–Trinajstić information content (AvgIpc) is 2.37. The van der Waals surface area contributed by atoms with Crippen molar-refractivity contribution in [3.05, 3.63) is 35.1 Å². The Kier molecular flexibility index (Phi) is 6.34. The number of benzene rings is 1. The van der Waals surface area contributed by atoms with Gasteiger partial charge >= 0.3 is 5.97 Å². The molecule has 0 radical (unpaired) electrons. The van der Waals surface area contributed by atoms with Gasteiger partial charge in [0, 0.05) is 6.54 Å². The Bertz CT molecular complexity index is 514. The molecule has 0 saturated heterocycles. The van der Waals surface area contributed by atoms with Gasteiger partial charge in [-0.25, -0.2) is 4.39 Å². The first kappa shape index (κ1) is 17.1. The molecule has 0 aromatic heterocycles. The predicted molar refractivity (Wildman–Crippen MR) is 78.5 cm³/mol. The van der Waals surface area contributed by atoms with Crippen molar-refractivity contribution in [1.29, 1.82) is 0 Å². The molecule has 5 heteroatoms. The molecular formula is C16H22FNO3. The van der Waals surface area contributed by atoms with Crippen LogP contribution in [0.15, 0.2) is 18.2 Å². The zero-order valence-electron chi connectivity index (χ0n) is 13.0. The molecule has 0 heterocycles. The Hall–Kier alpha value is -1.91. The van der Waals surface area contributed by atoms with Crippen molar-refractivity contribution in [3.8, 4) is 0 Å². The van der Waals surface area contributed by atoms with Gasteiger partial charge in [0.1, 0.15) is 12.4 Å². The minimum Gasteiger partial charge on any atom is -0.465 e. The second-order valence-corrected chi connectivity index (χ2v) is 5.37. The first-order valence-electron chi connectivity index (χ1n) is 7.06. The number of esters is 1. The van der Waals surface area contributed by atoms with Crippen LogP contribution in [0, 0.1) is 18.7 Å². The van der Waals surface area contributed by atoms with Crippen molar-refractivity contribution in [3.63, 3.8) is 0 Å². The molecule has 0 saturated carbocycles.